The highest BCUT2D eigenvalue weighted by atomic mass is 16.5. The lowest BCUT2D eigenvalue weighted by Crippen LogP contribution is -2.40. The summed E-state index contributed by atoms with van der Waals surface area (Å²) >= 11 is 0. The van der Waals surface area contributed by atoms with Crippen molar-refractivity contribution in [2.75, 3.05) is 33.5 Å². The summed E-state index contributed by atoms with van der Waals surface area (Å²) in [5.41, 5.74) is 0. The standard InChI is InChI=1S/C12H23NO4/c1-16-5-6-17-9-12(15)13-11-4-2-3-10(7-11)8-14/h10-11,14H,2-9H2,1H3,(H,13,15). The molecule has 0 aliphatic heterocycles. The molecule has 100 valence electrons. The lowest BCUT2D eigenvalue weighted by molar-refractivity contribution is -0.127. The Bertz CT molecular complexity index is 223. The Labute approximate surface area is 102 Å². The van der Waals surface area contributed by atoms with Crippen molar-refractivity contribution in [1.29, 1.82) is 0 Å². The molecule has 2 unspecified atom stereocenters. The Morgan fingerprint density at radius 3 is 2.94 bits per heavy atom. The Kier molecular flexibility index (Phi) is 7.16. The van der Waals surface area contributed by atoms with Crippen molar-refractivity contribution in [2.24, 2.45) is 5.92 Å². The first kappa shape index (κ1) is 14.4. The zero-order valence-corrected chi connectivity index (χ0v) is 10.5. The van der Waals surface area contributed by atoms with Gasteiger partial charge in [0.15, 0.2) is 0 Å². The first-order valence-corrected chi connectivity index (χ1v) is 6.23. The van der Waals surface area contributed by atoms with E-state index in [1.54, 1.807) is 7.11 Å². The van der Waals surface area contributed by atoms with Gasteiger partial charge in [-0.3, -0.25) is 4.79 Å². The summed E-state index contributed by atoms with van der Waals surface area (Å²) in [6.45, 7) is 1.25. The van der Waals surface area contributed by atoms with E-state index in [9.17, 15) is 4.79 Å². The number of nitrogens with one attached hydrogen (secondary N) is 1. The molecule has 5 nitrogen and oxygen atoms in total. The Morgan fingerprint density at radius 2 is 2.24 bits per heavy atom. The lowest BCUT2D eigenvalue weighted by Gasteiger charge is -2.28. The first-order chi connectivity index (χ1) is 8.26. The minimum absolute atomic E-state index is 0.0790. The fraction of sp³-hybridized carbons (Fsp3) is 0.917. The summed E-state index contributed by atoms with van der Waals surface area (Å²) in [4.78, 5) is 11.5. The second kappa shape index (κ2) is 8.44. The molecule has 1 fully saturated rings. The van der Waals surface area contributed by atoms with Crippen LogP contribution in [0.4, 0.5) is 0 Å². The molecule has 1 rings (SSSR count). The summed E-state index contributed by atoms with van der Waals surface area (Å²) < 4.78 is 9.96. The van der Waals surface area contributed by atoms with Gasteiger partial charge in [0.25, 0.3) is 0 Å². The van der Waals surface area contributed by atoms with Gasteiger partial charge in [-0.2, -0.15) is 0 Å². The van der Waals surface area contributed by atoms with Crippen LogP contribution in [0.3, 0.4) is 0 Å². The average Bonchev–Trinajstić information content (AvgIpc) is 2.35. The fourth-order valence-electron chi connectivity index (χ4n) is 2.16. The van der Waals surface area contributed by atoms with Gasteiger partial charge in [-0.15, -0.1) is 0 Å². The third-order valence-electron chi connectivity index (χ3n) is 3.07. The Balaban J connectivity index is 2.12. The second-order valence-electron chi connectivity index (χ2n) is 4.53. The van der Waals surface area contributed by atoms with Gasteiger partial charge in [-0.25, -0.2) is 0 Å². The zero-order chi connectivity index (χ0) is 12.5. The van der Waals surface area contributed by atoms with Crippen LogP contribution in [-0.2, 0) is 14.3 Å². The second-order valence-corrected chi connectivity index (χ2v) is 4.53. The van der Waals surface area contributed by atoms with Crippen LogP contribution in [0.1, 0.15) is 25.7 Å². The van der Waals surface area contributed by atoms with Crippen LogP contribution in [0.2, 0.25) is 0 Å². The molecule has 2 N–H and O–H groups in total. The summed E-state index contributed by atoms with van der Waals surface area (Å²) in [6.07, 6.45) is 4.01. The van der Waals surface area contributed by atoms with Crippen LogP contribution in [0.5, 0.6) is 0 Å². The topological polar surface area (TPSA) is 67.8 Å². The van der Waals surface area contributed by atoms with Crippen LogP contribution in [0.25, 0.3) is 0 Å². The van der Waals surface area contributed by atoms with Crippen LogP contribution < -0.4 is 5.32 Å². The molecule has 1 saturated carbocycles. The Hall–Kier alpha value is -0.650. The maximum Gasteiger partial charge on any atom is 0.246 e. The maximum atomic E-state index is 11.5. The van der Waals surface area contributed by atoms with E-state index in [1.807, 2.05) is 0 Å². The molecule has 0 radical (unpaired) electrons. The monoisotopic (exact) mass is 245 g/mol. The van der Waals surface area contributed by atoms with Gasteiger partial charge < -0.3 is 19.9 Å². The summed E-state index contributed by atoms with van der Waals surface area (Å²) in [5.74, 6) is 0.258. The minimum Gasteiger partial charge on any atom is -0.396 e. The highest BCUT2D eigenvalue weighted by Gasteiger charge is 2.22. The van der Waals surface area contributed by atoms with Gasteiger partial charge in [0.05, 0.1) is 13.2 Å². The highest BCUT2D eigenvalue weighted by molar-refractivity contribution is 5.77. The molecule has 1 aliphatic carbocycles. The molecule has 0 heterocycles. The summed E-state index contributed by atoms with van der Waals surface area (Å²) in [7, 11) is 1.60. The number of hydrogen-bond donors (Lipinski definition) is 2. The molecule has 0 aromatic rings. The summed E-state index contributed by atoms with van der Waals surface area (Å²) in [6, 6.07) is 0.194. The SMILES string of the molecule is COCCOCC(=O)NC1CCCC(CO)C1. The predicted octanol–water partition coefficient (Wildman–Crippen LogP) is 0.317. The van der Waals surface area contributed by atoms with Crippen molar-refractivity contribution < 1.29 is 19.4 Å². The van der Waals surface area contributed by atoms with E-state index < -0.39 is 0 Å². The van der Waals surface area contributed by atoms with Crippen molar-refractivity contribution in [1.82, 2.24) is 5.32 Å². The van der Waals surface area contributed by atoms with Crippen LogP contribution in [0.15, 0.2) is 0 Å². The van der Waals surface area contributed by atoms with E-state index in [4.69, 9.17) is 14.6 Å². The normalized spacial score (nSPS) is 24.6. The van der Waals surface area contributed by atoms with Gasteiger partial charge in [0.1, 0.15) is 6.61 Å². The van der Waals surface area contributed by atoms with Gasteiger partial charge in [0, 0.05) is 19.8 Å². The molecule has 0 spiro atoms. The van der Waals surface area contributed by atoms with E-state index in [-0.39, 0.29) is 25.2 Å². The van der Waals surface area contributed by atoms with Crippen molar-refractivity contribution in [2.45, 2.75) is 31.7 Å². The lowest BCUT2D eigenvalue weighted by atomic mass is 9.86. The van der Waals surface area contributed by atoms with Crippen molar-refractivity contribution in [3.63, 3.8) is 0 Å². The number of ether oxygens (including phenoxy) is 2. The molecular weight excluding hydrogens is 222 g/mol. The maximum absolute atomic E-state index is 11.5. The molecule has 0 saturated heterocycles. The zero-order valence-electron chi connectivity index (χ0n) is 10.5. The average molecular weight is 245 g/mol. The number of rotatable bonds is 7. The molecule has 0 aromatic heterocycles. The van der Waals surface area contributed by atoms with E-state index in [0.717, 1.165) is 25.7 Å². The van der Waals surface area contributed by atoms with Crippen molar-refractivity contribution >= 4 is 5.91 Å². The molecular formula is C12H23NO4. The highest BCUT2D eigenvalue weighted by Crippen LogP contribution is 2.23. The predicted molar refractivity (Wildman–Crippen MR) is 63.7 cm³/mol. The molecule has 2 atom stereocenters. The number of carbonyl (C=O) groups excluding carboxylic acids is 1. The van der Waals surface area contributed by atoms with Crippen LogP contribution in [0, 0.1) is 5.92 Å². The number of aliphatic hydroxyl groups is 1. The third kappa shape index (κ3) is 6.00. The van der Waals surface area contributed by atoms with Gasteiger partial charge in [0.2, 0.25) is 5.91 Å². The molecule has 0 aromatic carbocycles. The molecule has 1 aliphatic rings. The van der Waals surface area contributed by atoms with Gasteiger partial charge >= 0.3 is 0 Å². The largest absolute Gasteiger partial charge is 0.396 e. The Morgan fingerprint density at radius 1 is 1.41 bits per heavy atom. The van der Waals surface area contributed by atoms with Crippen LogP contribution in [-0.4, -0.2) is 50.6 Å². The number of amides is 1. The number of aliphatic hydroxyl groups excluding tert-OH is 1. The van der Waals surface area contributed by atoms with E-state index in [2.05, 4.69) is 5.32 Å². The number of methoxy groups -OCH3 is 1. The third-order valence-corrected chi connectivity index (χ3v) is 3.07. The van der Waals surface area contributed by atoms with E-state index in [1.165, 1.54) is 0 Å². The fourth-order valence-corrected chi connectivity index (χ4v) is 2.16. The molecule has 0 bridgehead atoms. The van der Waals surface area contributed by atoms with Crippen LogP contribution >= 0.6 is 0 Å². The summed E-state index contributed by atoms with van der Waals surface area (Å²) in [5, 5.41) is 12.0. The number of hydrogen-bond acceptors (Lipinski definition) is 4. The number of carbonyl (C=O) groups is 1. The van der Waals surface area contributed by atoms with Gasteiger partial charge in [-0.05, 0) is 25.2 Å². The first-order valence-electron chi connectivity index (χ1n) is 6.23. The molecule has 17 heavy (non-hydrogen) atoms. The molecule has 1 amide bonds. The smallest absolute Gasteiger partial charge is 0.246 e. The van der Waals surface area contributed by atoms with Crippen molar-refractivity contribution in [3.05, 3.63) is 0 Å². The van der Waals surface area contributed by atoms with E-state index in [0.29, 0.717) is 19.1 Å². The van der Waals surface area contributed by atoms with Crippen molar-refractivity contribution in [3.8, 4) is 0 Å². The quantitative estimate of drug-likeness (QED) is 0.634. The minimum atomic E-state index is -0.0790. The van der Waals surface area contributed by atoms with E-state index >= 15 is 0 Å². The molecule has 5 heteroatoms. The van der Waals surface area contributed by atoms with Gasteiger partial charge in [-0.1, -0.05) is 6.42 Å².